The van der Waals surface area contributed by atoms with Crippen LogP contribution in [0.2, 0.25) is 0 Å². The molecule has 4 nitrogen and oxygen atoms in total. The number of nitrogens with zero attached hydrogens (tertiary/aromatic N) is 2. The van der Waals surface area contributed by atoms with Gasteiger partial charge in [0.05, 0.1) is 12.2 Å². The first kappa shape index (κ1) is 10.0. The molecule has 13 heavy (non-hydrogen) atoms. The Morgan fingerprint density at radius 1 is 1.85 bits per heavy atom. The second-order valence-electron chi connectivity index (χ2n) is 3.32. The molecule has 0 aromatic carbocycles. The fourth-order valence-corrected chi connectivity index (χ4v) is 1.48. The number of aliphatic hydroxyl groups is 1. The second-order valence-corrected chi connectivity index (χ2v) is 3.32. The normalized spacial score (nSPS) is 24.1. The molecule has 1 fully saturated rings. The van der Waals surface area contributed by atoms with E-state index in [1.54, 1.807) is 4.90 Å². The minimum atomic E-state index is -0.537. The second kappa shape index (κ2) is 4.24. The molecule has 0 radical (unpaired) electrons. The largest absolute Gasteiger partial charge is 0.391 e. The molecule has 72 valence electrons. The Labute approximate surface area is 77.8 Å². The predicted molar refractivity (Wildman–Crippen MR) is 46.6 cm³/mol. The van der Waals surface area contributed by atoms with E-state index in [0.29, 0.717) is 25.9 Å². The number of likely N-dealkylation sites (tertiary alicyclic amines) is 1. The summed E-state index contributed by atoms with van der Waals surface area (Å²) in [5.41, 5.74) is 0. The SMILES string of the molecule is CCC(C#N)C(=O)N1CC[C@@H](O)C1. The topological polar surface area (TPSA) is 64.3 Å². The summed E-state index contributed by atoms with van der Waals surface area (Å²) in [5, 5.41) is 17.9. The fourth-order valence-electron chi connectivity index (χ4n) is 1.48. The van der Waals surface area contributed by atoms with Gasteiger partial charge >= 0.3 is 0 Å². The Morgan fingerprint density at radius 3 is 2.92 bits per heavy atom. The van der Waals surface area contributed by atoms with Gasteiger partial charge in [-0.25, -0.2) is 0 Å². The average molecular weight is 182 g/mol. The number of aliphatic hydroxyl groups excluding tert-OH is 1. The third kappa shape index (κ3) is 2.19. The molecule has 0 saturated carbocycles. The Bertz CT molecular complexity index is 234. The molecule has 1 N–H and O–H groups in total. The number of nitriles is 1. The maximum atomic E-state index is 11.5. The van der Waals surface area contributed by atoms with Crippen LogP contribution in [0.3, 0.4) is 0 Å². The highest BCUT2D eigenvalue weighted by Crippen LogP contribution is 2.14. The quantitative estimate of drug-likeness (QED) is 0.660. The van der Waals surface area contributed by atoms with Gasteiger partial charge in [0, 0.05) is 13.1 Å². The molecule has 0 bridgehead atoms. The number of hydrogen-bond donors (Lipinski definition) is 1. The van der Waals surface area contributed by atoms with Gasteiger partial charge in [-0.15, -0.1) is 0 Å². The van der Waals surface area contributed by atoms with Crippen LogP contribution < -0.4 is 0 Å². The third-order valence-corrected chi connectivity index (χ3v) is 2.34. The summed E-state index contributed by atoms with van der Waals surface area (Å²) in [5.74, 6) is -0.674. The predicted octanol–water partition coefficient (Wildman–Crippen LogP) is 0.129. The lowest BCUT2D eigenvalue weighted by Gasteiger charge is -2.17. The van der Waals surface area contributed by atoms with Crippen molar-refractivity contribution in [3.63, 3.8) is 0 Å². The van der Waals surface area contributed by atoms with Crippen molar-refractivity contribution < 1.29 is 9.90 Å². The number of hydrogen-bond acceptors (Lipinski definition) is 3. The molecular formula is C9H14N2O2. The molecule has 1 amide bonds. The van der Waals surface area contributed by atoms with Gasteiger partial charge in [-0.3, -0.25) is 4.79 Å². The summed E-state index contributed by atoms with van der Waals surface area (Å²) in [6, 6.07) is 1.97. The minimum absolute atomic E-state index is 0.137. The highest BCUT2D eigenvalue weighted by Gasteiger charge is 2.28. The highest BCUT2D eigenvalue weighted by molar-refractivity contribution is 5.81. The first-order chi connectivity index (χ1) is 6.19. The van der Waals surface area contributed by atoms with E-state index in [1.807, 2.05) is 13.0 Å². The van der Waals surface area contributed by atoms with Crippen LogP contribution in [-0.4, -0.2) is 35.1 Å². The summed E-state index contributed by atoms with van der Waals surface area (Å²) in [7, 11) is 0. The van der Waals surface area contributed by atoms with Gasteiger partial charge in [0.2, 0.25) is 5.91 Å². The van der Waals surface area contributed by atoms with Crippen LogP contribution in [0, 0.1) is 17.2 Å². The molecule has 1 heterocycles. The summed E-state index contributed by atoms with van der Waals surface area (Å²) < 4.78 is 0. The number of amides is 1. The van der Waals surface area contributed by atoms with Crippen LogP contribution in [0.1, 0.15) is 19.8 Å². The first-order valence-corrected chi connectivity index (χ1v) is 4.55. The smallest absolute Gasteiger partial charge is 0.240 e. The zero-order valence-electron chi connectivity index (χ0n) is 7.73. The van der Waals surface area contributed by atoms with Gasteiger partial charge in [0.15, 0.2) is 0 Å². The Hall–Kier alpha value is -1.08. The van der Waals surface area contributed by atoms with Gasteiger partial charge in [-0.2, -0.15) is 5.26 Å². The van der Waals surface area contributed by atoms with E-state index < -0.39 is 12.0 Å². The van der Waals surface area contributed by atoms with Crippen molar-refractivity contribution in [3.05, 3.63) is 0 Å². The molecular weight excluding hydrogens is 168 g/mol. The van der Waals surface area contributed by atoms with E-state index in [0.717, 1.165) is 0 Å². The van der Waals surface area contributed by atoms with E-state index in [-0.39, 0.29) is 5.91 Å². The lowest BCUT2D eigenvalue weighted by molar-refractivity contribution is -0.133. The van der Waals surface area contributed by atoms with E-state index in [1.165, 1.54) is 0 Å². The summed E-state index contributed by atoms with van der Waals surface area (Å²) in [6.07, 6.45) is 0.773. The van der Waals surface area contributed by atoms with Gasteiger partial charge < -0.3 is 10.0 Å². The molecule has 0 aromatic rings. The summed E-state index contributed by atoms with van der Waals surface area (Å²) in [4.78, 5) is 13.1. The van der Waals surface area contributed by atoms with Gasteiger partial charge in [-0.1, -0.05) is 6.92 Å². The lowest BCUT2D eigenvalue weighted by atomic mass is 10.1. The average Bonchev–Trinajstić information content (AvgIpc) is 2.54. The Kier molecular flexibility index (Phi) is 3.26. The molecule has 0 aromatic heterocycles. The number of carbonyl (C=O) groups is 1. The van der Waals surface area contributed by atoms with Crippen LogP contribution >= 0.6 is 0 Å². The third-order valence-electron chi connectivity index (χ3n) is 2.34. The molecule has 1 aliphatic rings. The van der Waals surface area contributed by atoms with Crippen LogP contribution in [0.5, 0.6) is 0 Å². The van der Waals surface area contributed by atoms with Crippen molar-refractivity contribution in [2.24, 2.45) is 5.92 Å². The van der Waals surface area contributed by atoms with Crippen molar-refractivity contribution >= 4 is 5.91 Å². The van der Waals surface area contributed by atoms with Crippen LogP contribution in [0.4, 0.5) is 0 Å². The highest BCUT2D eigenvalue weighted by atomic mass is 16.3. The molecule has 1 unspecified atom stereocenters. The summed E-state index contributed by atoms with van der Waals surface area (Å²) >= 11 is 0. The number of rotatable bonds is 2. The Balaban J connectivity index is 2.53. The van der Waals surface area contributed by atoms with Crippen LogP contribution in [0.25, 0.3) is 0 Å². The standard InChI is InChI=1S/C9H14N2O2/c1-2-7(5-10)9(13)11-4-3-8(12)6-11/h7-8,12H,2-4,6H2,1H3/t7?,8-/m1/s1. The fraction of sp³-hybridized carbons (Fsp3) is 0.778. The maximum absolute atomic E-state index is 11.5. The Morgan fingerprint density at radius 2 is 2.54 bits per heavy atom. The lowest BCUT2D eigenvalue weighted by Crippen LogP contribution is -2.34. The molecule has 0 spiro atoms. The number of β-amino-alcohol motifs (C(OH)–C–C–N with tert-alkyl or cyclic N) is 1. The first-order valence-electron chi connectivity index (χ1n) is 4.55. The van der Waals surface area contributed by atoms with Crippen molar-refractivity contribution in [2.75, 3.05) is 13.1 Å². The monoisotopic (exact) mass is 182 g/mol. The van der Waals surface area contributed by atoms with E-state index in [9.17, 15) is 9.90 Å². The number of carbonyl (C=O) groups excluding carboxylic acids is 1. The maximum Gasteiger partial charge on any atom is 0.240 e. The molecule has 2 atom stereocenters. The molecule has 1 rings (SSSR count). The van der Waals surface area contributed by atoms with Crippen molar-refractivity contribution in [3.8, 4) is 6.07 Å². The molecule has 0 aliphatic carbocycles. The molecule has 1 saturated heterocycles. The van der Waals surface area contributed by atoms with Crippen LogP contribution in [0.15, 0.2) is 0 Å². The zero-order chi connectivity index (χ0) is 9.84. The van der Waals surface area contributed by atoms with Gasteiger partial charge in [0.25, 0.3) is 0 Å². The van der Waals surface area contributed by atoms with Gasteiger partial charge in [-0.05, 0) is 12.8 Å². The molecule has 4 heteroatoms. The summed E-state index contributed by atoms with van der Waals surface area (Å²) in [6.45, 7) is 2.79. The van der Waals surface area contributed by atoms with Crippen molar-refractivity contribution in [1.82, 2.24) is 4.90 Å². The van der Waals surface area contributed by atoms with E-state index in [4.69, 9.17) is 5.26 Å². The molecule has 1 aliphatic heterocycles. The van der Waals surface area contributed by atoms with Crippen molar-refractivity contribution in [2.45, 2.75) is 25.9 Å². The zero-order valence-corrected chi connectivity index (χ0v) is 7.73. The van der Waals surface area contributed by atoms with Crippen molar-refractivity contribution in [1.29, 1.82) is 5.26 Å². The van der Waals surface area contributed by atoms with Gasteiger partial charge in [0.1, 0.15) is 5.92 Å². The minimum Gasteiger partial charge on any atom is -0.391 e. The van der Waals surface area contributed by atoms with E-state index >= 15 is 0 Å². The van der Waals surface area contributed by atoms with E-state index in [2.05, 4.69) is 0 Å². The van der Waals surface area contributed by atoms with Crippen LogP contribution in [-0.2, 0) is 4.79 Å².